The highest BCUT2D eigenvalue weighted by Gasteiger charge is 2.19. The van der Waals surface area contributed by atoms with Crippen LogP contribution in [-0.2, 0) is 6.42 Å². The summed E-state index contributed by atoms with van der Waals surface area (Å²) in [6, 6.07) is 12.9. The van der Waals surface area contributed by atoms with E-state index in [4.69, 9.17) is 0 Å². The van der Waals surface area contributed by atoms with Gasteiger partial charge in [-0.05, 0) is 43.2 Å². The third-order valence-corrected chi connectivity index (χ3v) is 4.09. The molecule has 0 spiro atoms. The van der Waals surface area contributed by atoms with E-state index in [1.54, 1.807) is 12.1 Å². The van der Waals surface area contributed by atoms with Crippen molar-refractivity contribution in [2.75, 3.05) is 0 Å². The van der Waals surface area contributed by atoms with Crippen LogP contribution in [-0.4, -0.2) is 16.7 Å². The topological polar surface area (TPSA) is 67.5 Å². The van der Waals surface area contributed by atoms with Crippen molar-refractivity contribution in [1.29, 1.82) is 0 Å². The van der Waals surface area contributed by atoms with Crippen molar-refractivity contribution < 1.29 is 4.92 Å². The Morgan fingerprint density at radius 1 is 1.27 bits per heavy atom. The molecule has 0 aromatic heterocycles. The van der Waals surface area contributed by atoms with Gasteiger partial charge < -0.3 is 5.43 Å². The van der Waals surface area contributed by atoms with Crippen molar-refractivity contribution in [2.24, 2.45) is 5.10 Å². The minimum absolute atomic E-state index is 0.0776. The van der Waals surface area contributed by atoms with E-state index < -0.39 is 4.92 Å². The smallest absolute Gasteiger partial charge is 0.269 e. The monoisotopic (exact) mass is 359 g/mol. The number of hydrogen-bond donors (Lipinski definition) is 1. The SMILES string of the molecule is CC1Cc2ccc(Br)cc2C(c2ccc([N+](=O)[O-])cc2)=NN1. The van der Waals surface area contributed by atoms with Crippen molar-refractivity contribution in [3.05, 3.63) is 73.7 Å². The fourth-order valence-electron chi connectivity index (χ4n) is 2.52. The molecule has 6 heteroatoms. The first-order chi connectivity index (χ1) is 10.5. The van der Waals surface area contributed by atoms with Gasteiger partial charge in [0, 0.05) is 33.8 Å². The normalized spacial score (nSPS) is 17.0. The lowest BCUT2D eigenvalue weighted by Crippen LogP contribution is -2.21. The number of hydrazone groups is 1. The molecular formula is C16H14BrN3O2. The van der Waals surface area contributed by atoms with Gasteiger partial charge in [-0.15, -0.1) is 0 Å². The predicted octanol–water partition coefficient (Wildman–Crippen LogP) is 3.64. The van der Waals surface area contributed by atoms with Gasteiger partial charge in [-0.3, -0.25) is 10.1 Å². The van der Waals surface area contributed by atoms with Gasteiger partial charge in [0.1, 0.15) is 0 Å². The molecule has 1 unspecified atom stereocenters. The molecule has 5 nitrogen and oxygen atoms in total. The number of rotatable bonds is 2. The van der Waals surface area contributed by atoms with Crippen LogP contribution in [0.5, 0.6) is 0 Å². The first-order valence-electron chi connectivity index (χ1n) is 6.91. The Morgan fingerprint density at radius 3 is 2.68 bits per heavy atom. The Hall–Kier alpha value is -2.21. The van der Waals surface area contributed by atoms with Crippen LogP contribution in [0.2, 0.25) is 0 Å². The number of non-ortho nitro benzene ring substituents is 1. The molecule has 0 radical (unpaired) electrons. The highest BCUT2D eigenvalue weighted by molar-refractivity contribution is 9.10. The molecule has 2 aromatic carbocycles. The number of nitrogens with one attached hydrogen (secondary N) is 1. The lowest BCUT2D eigenvalue weighted by Gasteiger charge is -2.10. The summed E-state index contributed by atoms with van der Waals surface area (Å²) >= 11 is 3.50. The van der Waals surface area contributed by atoms with E-state index in [2.05, 4.69) is 39.4 Å². The van der Waals surface area contributed by atoms with Gasteiger partial charge in [-0.1, -0.05) is 22.0 Å². The quantitative estimate of drug-likeness (QED) is 0.657. The summed E-state index contributed by atoms with van der Waals surface area (Å²) in [5.41, 5.74) is 7.12. The molecule has 112 valence electrons. The second kappa shape index (κ2) is 5.88. The summed E-state index contributed by atoms with van der Waals surface area (Å²) < 4.78 is 0.982. The number of nitro groups is 1. The van der Waals surface area contributed by atoms with Crippen molar-refractivity contribution in [1.82, 2.24) is 5.43 Å². The molecule has 1 aliphatic heterocycles. The molecule has 0 saturated carbocycles. The van der Waals surface area contributed by atoms with Crippen molar-refractivity contribution in [3.8, 4) is 0 Å². The highest BCUT2D eigenvalue weighted by atomic mass is 79.9. The zero-order valence-corrected chi connectivity index (χ0v) is 13.5. The first-order valence-corrected chi connectivity index (χ1v) is 7.71. The summed E-state index contributed by atoms with van der Waals surface area (Å²) in [7, 11) is 0. The average molecular weight is 360 g/mol. The van der Waals surface area contributed by atoms with Gasteiger partial charge in [-0.25, -0.2) is 0 Å². The van der Waals surface area contributed by atoms with Crippen LogP contribution in [0.1, 0.15) is 23.6 Å². The van der Waals surface area contributed by atoms with E-state index in [0.29, 0.717) is 0 Å². The maximum absolute atomic E-state index is 10.8. The molecule has 3 rings (SSSR count). The molecule has 1 aliphatic rings. The summed E-state index contributed by atoms with van der Waals surface area (Å²) in [4.78, 5) is 10.4. The molecule has 1 atom stereocenters. The third-order valence-electron chi connectivity index (χ3n) is 3.60. The molecule has 0 saturated heterocycles. The van der Waals surface area contributed by atoms with Crippen molar-refractivity contribution in [2.45, 2.75) is 19.4 Å². The molecule has 0 aliphatic carbocycles. The van der Waals surface area contributed by atoms with E-state index in [-0.39, 0.29) is 11.7 Å². The Labute approximate surface area is 136 Å². The van der Waals surface area contributed by atoms with E-state index in [0.717, 1.165) is 27.7 Å². The van der Waals surface area contributed by atoms with Gasteiger partial charge in [0.2, 0.25) is 0 Å². The van der Waals surface area contributed by atoms with Crippen LogP contribution < -0.4 is 5.43 Å². The number of hydrogen-bond acceptors (Lipinski definition) is 4. The number of halogens is 1. The Bertz CT molecular complexity index is 756. The maximum Gasteiger partial charge on any atom is 0.269 e. The zero-order valence-electron chi connectivity index (χ0n) is 11.9. The standard InChI is InChI=1S/C16H14BrN3O2/c1-10-8-12-2-5-13(17)9-15(12)16(19-18-10)11-3-6-14(7-4-11)20(21)22/h2-7,9-10,18H,8H2,1H3. The molecule has 0 amide bonds. The van der Waals surface area contributed by atoms with E-state index in [1.165, 1.54) is 17.7 Å². The fraction of sp³-hybridized carbons (Fsp3) is 0.188. The third kappa shape index (κ3) is 2.87. The molecule has 1 heterocycles. The summed E-state index contributed by atoms with van der Waals surface area (Å²) in [6.07, 6.45) is 0.878. The second-order valence-electron chi connectivity index (χ2n) is 5.30. The van der Waals surface area contributed by atoms with Crippen LogP contribution in [0.3, 0.4) is 0 Å². The largest absolute Gasteiger partial charge is 0.306 e. The average Bonchev–Trinajstić information content (AvgIpc) is 2.66. The highest BCUT2D eigenvalue weighted by Crippen LogP contribution is 2.24. The second-order valence-corrected chi connectivity index (χ2v) is 6.22. The Kier molecular flexibility index (Phi) is 3.94. The minimum Gasteiger partial charge on any atom is -0.306 e. The van der Waals surface area contributed by atoms with E-state index in [9.17, 15) is 10.1 Å². The number of nitro benzene ring substituents is 1. The van der Waals surface area contributed by atoms with Crippen LogP contribution in [0.4, 0.5) is 5.69 Å². The summed E-state index contributed by atoms with van der Waals surface area (Å²) in [6.45, 7) is 2.08. The van der Waals surface area contributed by atoms with Crippen molar-refractivity contribution >= 4 is 27.3 Å². The fourth-order valence-corrected chi connectivity index (χ4v) is 2.88. The number of fused-ring (bicyclic) bond motifs is 1. The lowest BCUT2D eigenvalue weighted by atomic mass is 9.95. The van der Waals surface area contributed by atoms with E-state index >= 15 is 0 Å². The van der Waals surface area contributed by atoms with Gasteiger partial charge in [0.15, 0.2) is 0 Å². The Morgan fingerprint density at radius 2 is 2.00 bits per heavy atom. The molecule has 0 bridgehead atoms. The summed E-state index contributed by atoms with van der Waals surface area (Å²) in [5, 5.41) is 15.3. The van der Waals surface area contributed by atoms with Gasteiger partial charge >= 0.3 is 0 Å². The van der Waals surface area contributed by atoms with Crippen LogP contribution in [0.25, 0.3) is 0 Å². The minimum atomic E-state index is -0.399. The Balaban J connectivity index is 2.09. The molecule has 1 N–H and O–H groups in total. The number of nitrogens with zero attached hydrogens (tertiary/aromatic N) is 2. The van der Waals surface area contributed by atoms with Gasteiger partial charge in [0.25, 0.3) is 5.69 Å². The van der Waals surface area contributed by atoms with Gasteiger partial charge in [0.05, 0.1) is 10.6 Å². The van der Waals surface area contributed by atoms with Crippen LogP contribution >= 0.6 is 15.9 Å². The van der Waals surface area contributed by atoms with Crippen LogP contribution in [0, 0.1) is 10.1 Å². The zero-order chi connectivity index (χ0) is 15.7. The lowest BCUT2D eigenvalue weighted by molar-refractivity contribution is -0.384. The maximum atomic E-state index is 10.8. The molecule has 22 heavy (non-hydrogen) atoms. The predicted molar refractivity (Wildman–Crippen MR) is 89.2 cm³/mol. The molecule has 2 aromatic rings. The molecular weight excluding hydrogens is 346 g/mol. The number of benzene rings is 2. The first kappa shape index (κ1) is 14.7. The molecule has 0 fully saturated rings. The van der Waals surface area contributed by atoms with E-state index in [1.807, 2.05) is 12.1 Å². The summed E-state index contributed by atoms with van der Waals surface area (Å²) in [5.74, 6) is 0. The van der Waals surface area contributed by atoms with Crippen LogP contribution in [0.15, 0.2) is 52.0 Å². The van der Waals surface area contributed by atoms with Gasteiger partial charge in [-0.2, -0.15) is 5.10 Å². The van der Waals surface area contributed by atoms with Crippen molar-refractivity contribution in [3.63, 3.8) is 0 Å².